The number of rotatable bonds is 1. The zero-order valence-corrected chi connectivity index (χ0v) is 10.2. The molecule has 0 saturated heterocycles. The van der Waals surface area contributed by atoms with E-state index in [1.54, 1.807) is 0 Å². The van der Waals surface area contributed by atoms with Crippen molar-refractivity contribution in [2.45, 2.75) is 6.54 Å². The summed E-state index contributed by atoms with van der Waals surface area (Å²) in [7, 11) is 0. The van der Waals surface area contributed by atoms with Crippen LogP contribution in [-0.4, -0.2) is 12.5 Å². The van der Waals surface area contributed by atoms with Gasteiger partial charge in [-0.25, -0.2) is 0 Å². The molecule has 2 aromatic rings. The molecule has 4 heteroatoms. The van der Waals surface area contributed by atoms with Gasteiger partial charge in [0.05, 0.1) is 12.3 Å². The van der Waals surface area contributed by atoms with Crippen LogP contribution in [0.3, 0.4) is 0 Å². The Morgan fingerprint density at radius 1 is 1.00 bits per heavy atom. The molecule has 4 rings (SSSR count). The summed E-state index contributed by atoms with van der Waals surface area (Å²) in [5, 5.41) is 4.44. The van der Waals surface area contributed by atoms with Crippen molar-refractivity contribution in [1.29, 1.82) is 0 Å². The minimum absolute atomic E-state index is 0.295. The van der Waals surface area contributed by atoms with E-state index in [0.29, 0.717) is 13.3 Å². The van der Waals surface area contributed by atoms with Crippen LogP contribution in [0.5, 0.6) is 11.5 Å². The van der Waals surface area contributed by atoms with Gasteiger partial charge in [0.2, 0.25) is 6.79 Å². The molecule has 19 heavy (non-hydrogen) atoms. The first-order valence-corrected chi connectivity index (χ1v) is 6.21. The van der Waals surface area contributed by atoms with Crippen molar-refractivity contribution in [1.82, 2.24) is 5.43 Å². The Morgan fingerprint density at radius 2 is 1.79 bits per heavy atom. The Labute approximate surface area is 110 Å². The van der Waals surface area contributed by atoms with Crippen molar-refractivity contribution < 1.29 is 9.47 Å². The third-order valence-electron chi connectivity index (χ3n) is 3.36. The molecule has 0 saturated carbocycles. The van der Waals surface area contributed by atoms with Crippen molar-refractivity contribution in [2.24, 2.45) is 5.10 Å². The van der Waals surface area contributed by atoms with E-state index in [9.17, 15) is 0 Å². The predicted molar refractivity (Wildman–Crippen MR) is 71.5 cm³/mol. The van der Waals surface area contributed by atoms with Crippen LogP contribution in [0.1, 0.15) is 16.7 Å². The van der Waals surface area contributed by atoms with Gasteiger partial charge in [-0.3, -0.25) is 0 Å². The molecule has 0 atom stereocenters. The number of ether oxygens (including phenoxy) is 2. The van der Waals surface area contributed by atoms with Crippen LogP contribution >= 0.6 is 0 Å². The normalized spacial score (nSPS) is 15.5. The first kappa shape index (κ1) is 10.4. The number of hydrogen-bond acceptors (Lipinski definition) is 4. The SMILES string of the molecule is c1ccc(C2=NNCc3cc4c(cc32)OCO4)cc1. The Morgan fingerprint density at radius 3 is 2.63 bits per heavy atom. The molecule has 2 heterocycles. The van der Waals surface area contributed by atoms with E-state index in [1.165, 1.54) is 5.56 Å². The topological polar surface area (TPSA) is 42.9 Å². The maximum absolute atomic E-state index is 5.45. The number of fused-ring (bicyclic) bond motifs is 2. The molecule has 0 aromatic heterocycles. The molecule has 0 amide bonds. The molecule has 0 bridgehead atoms. The zero-order chi connectivity index (χ0) is 12.7. The molecule has 0 unspecified atom stereocenters. The lowest BCUT2D eigenvalue weighted by Gasteiger charge is -2.18. The van der Waals surface area contributed by atoms with Gasteiger partial charge in [-0.2, -0.15) is 5.10 Å². The van der Waals surface area contributed by atoms with E-state index in [0.717, 1.165) is 28.3 Å². The number of nitrogens with zero attached hydrogens (tertiary/aromatic N) is 1. The highest BCUT2D eigenvalue weighted by atomic mass is 16.7. The van der Waals surface area contributed by atoms with Gasteiger partial charge in [0, 0.05) is 11.1 Å². The average Bonchev–Trinajstić information content (AvgIpc) is 2.92. The molecule has 0 fully saturated rings. The molecule has 2 aromatic carbocycles. The third-order valence-corrected chi connectivity index (χ3v) is 3.36. The van der Waals surface area contributed by atoms with Gasteiger partial charge in [0.15, 0.2) is 11.5 Å². The van der Waals surface area contributed by atoms with Gasteiger partial charge in [0.1, 0.15) is 0 Å². The van der Waals surface area contributed by atoms with Crippen LogP contribution in [-0.2, 0) is 6.54 Å². The maximum Gasteiger partial charge on any atom is 0.231 e. The average molecular weight is 252 g/mol. The minimum atomic E-state index is 0.295. The fourth-order valence-corrected chi connectivity index (χ4v) is 2.43. The number of hydrazone groups is 1. The Hall–Kier alpha value is -2.49. The fourth-order valence-electron chi connectivity index (χ4n) is 2.43. The van der Waals surface area contributed by atoms with E-state index in [2.05, 4.69) is 22.7 Å². The van der Waals surface area contributed by atoms with Crippen LogP contribution in [0.25, 0.3) is 0 Å². The molecule has 0 radical (unpaired) electrons. The van der Waals surface area contributed by atoms with Gasteiger partial charge in [-0.15, -0.1) is 0 Å². The Kier molecular flexibility index (Phi) is 2.21. The smallest absolute Gasteiger partial charge is 0.231 e. The highest BCUT2D eigenvalue weighted by molar-refractivity contribution is 6.14. The fraction of sp³-hybridized carbons (Fsp3) is 0.133. The number of benzene rings is 2. The highest BCUT2D eigenvalue weighted by Gasteiger charge is 2.22. The first-order chi connectivity index (χ1) is 9.42. The van der Waals surface area contributed by atoms with E-state index in [1.807, 2.05) is 30.3 Å². The number of nitrogens with one attached hydrogen (secondary N) is 1. The summed E-state index contributed by atoms with van der Waals surface area (Å²) in [4.78, 5) is 0. The van der Waals surface area contributed by atoms with Crippen LogP contribution in [0.15, 0.2) is 47.6 Å². The van der Waals surface area contributed by atoms with Crippen LogP contribution in [0.4, 0.5) is 0 Å². The monoisotopic (exact) mass is 252 g/mol. The van der Waals surface area contributed by atoms with Gasteiger partial charge in [-0.05, 0) is 17.7 Å². The van der Waals surface area contributed by atoms with Crippen LogP contribution in [0, 0.1) is 0 Å². The zero-order valence-electron chi connectivity index (χ0n) is 10.2. The van der Waals surface area contributed by atoms with Gasteiger partial charge in [-0.1, -0.05) is 30.3 Å². The molecule has 0 aliphatic carbocycles. The molecular weight excluding hydrogens is 240 g/mol. The third kappa shape index (κ3) is 1.64. The van der Waals surface area contributed by atoms with Gasteiger partial charge >= 0.3 is 0 Å². The van der Waals surface area contributed by atoms with Gasteiger partial charge < -0.3 is 14.9 Å². The van der Waals surface area contributed by atoms with Crippen LogP contribution < -0.4 is 14.9 Å². The van der Waals surface area contributed by atoms with Gasteiger partial charge in [0.25, 0.3) is 0 Å². The van der Waals surface area contributed by atoms with E-state index < -0.39 is 0 Å². The summed E-state index contributed by atoms with van der Waals surface area (Å²) >= 11 is 0. The number of hydrogen-bond donors (Lipinski definition) is 1. The second kappa shape index (κ2) is 4.02. The molecule has 2 aliphatic heterocycles. The molecular formula is C15H12N2O2. The molecule has 2 aliphatic rings. The summed E-state index contributed by atoms with van der Waals surface area (Å²) in [6, 6.07) is 14.2. The lowest BCUT2D eigenvalue weighted by molar-refractivity contribution is 0.174. The Bertz CT molecular complexity index is 665. The summed E-state index contributed by atoms with van der Waals surface area (Å²) in [5.74, 6) is 1.61. The van der Waals surface area contributed by atoms with E-state index in [4.69, 9.17) is 9.47 Å². The molecule has 94 valence electrons. The van der Waals surface area contributed by atoms with Crippen molar-refractivity contribution in [3.8, 4) is 11.5 Å². The maximum atomic E-state index is 5.45. The van der Waals surface area contributed by atoms with Crippen LogP contribution in [0.2, 0.25) is 0 Å². The van der Waals surface area contributed by atoms with E-state index >= 15 is 0 Å². The minimum Gasteiger partial charge on any atom is -0.454 e. The van der Waals surface area contributed by atoms with Crippen molar-refractivity contribution in [3.63, 3.8) is 0 Å². The largest absolute Gasteiger partial charge is 0.454 e. The molecule has 1 N–H and O–H groups in total. The predicted octanol–water partition coefficient (Wildman–Crippen LogP) is 2.27. The summed E-state index contributed by atoms with van der Waals surface area (Å²) in [5.41, 5.74) is 7.39. The van der Waals surface area contributed by atoms with Crippen molar-refractivity contribution in [3.05, 3.63) is 59.2 Å². The highest BCUT2D eigenvalue weighted by Crippen LogP contribution is 2.36. The Balaban J connectivity index is 1.87. The second-order valence-electron chi connectivity index (χ2n) is 4.52. The lowest BCUT2D eigenvalue weighted by atomic mass is 9.96. The molecule has 0 spiro atoms. The second-order valence-corrected chi connectivity index (χ2v) is 4.52. The molecule has 4 nitrogen and oxygen atoms in total. The lowest BCUT2D eigenvalue weighted by Crippen LogP contribution is -2.21. The summed E-state index contributed by atoms with van der Waals surface area (Å²) < 4.78 is 10.9. The van der Waals surface area contributed by atoms with Crippen molar-refractivity contribution >= 4 is 5.71 Å². The van der Waals surface area contributed by atoms with Crippen molar-refractivity contribution in [2.75, 3.05) is 6.79 Å². The summed E-state index contributed by atoms with van der Waals surface area (Å²) in [6.07, 6.45) is 0. The standard InChI is InChI=1S/C15H12N2O2/c1-2-4-10(5-3-1)15-12-7-14-13(18-9-19-14)6-11(12)8-16-17-15/h1-7,16H,8-9H2. The van der Waals surface area contributed by atoms with E-state index in [-0.39, 0.29) is 0 Å². The quantitative estimate of drug-likeness (QED) is 0.846. The summed E-state index contributed by atoms with van der Waals surface area (Å²) in [6.45, 7) is 1.01. The first-order valence-electron chi connectivity index (χ1n) is 6.21.